The van der Waals surface area contributed by atoms with Crippen LogP contribution < -0.4 is 5.32 Å². The highest BCUT2D eigenvalue weighted by molar-refractivity contribution is 5.89. The number of amides is 1. The molecule has 1 N–H and O–H groups in total. The molecule has 1 amide bonds. The number of fused-ring (bicyclic) bond motifs is 1. The van der Waals surface area contributed by atoms with Crippen molar-refractivity contribution in [2.75, 3.05) is 32.1 Å². The molecule has 0 aliphatic carbocycles. The number of anilines is 1. The lowest BCUT2D eigenvalue weighted by atomic mass is 10.00. The molecule has 4 rings (SSSR count). The Morgan fingerprint density at radius 1 is 1.26 bits per heavy atom. The van der Waals surface area contributed by atoms with E-state index in [-0.39, 0.29) is 18.1 Å². The van der Waals surface area contributed by atoms with E-state index in [4.69, 9.17) is 4.74 Å². The molecule has 1 aromatic carbocycles. The number of alkyl halides is 3. The number of ether oxygens (including phenoxy) is 1. The average molecular weight is 531 g/mol. The number of hydrogen-bond acceptors (Lipinski definition) is 8. The van der Waals surface area contributed by atoms with E-state index >= 15 is 0 Å². The highest BCUT2D eigenvalue weighted by atomic mass is 19.4. The number of halogens is 3. The topological polar surface area (TPSA) is 123 Å². The number of non-ortho nitro benzene ring substituents is 1. The summed E-state index contributed by atoms with van der Waals surface area (Å²) in [6.07, 6.45) is -0.527. The molecule has 3 aromatic rings. The molecule has 3 heterocycles. The van der Waals surface area contributed by atoms with Gasteiger partial charge in [0, 0.05) is 38.5 Å². The number of pyridine rings is 1. The molecule has 0 spiro atoms. The van der Waals surface area contributed by atoms with E-state index < -0.39 is 28.4 Å². The van der Waals surface area contributed by atoms with Crippen molar-refractivity contribution in [1.29, 1.82) is 0 Å². The van der Waals surface area contributed by atoms with Crippen LogP contribution in [0.4, 0.5) is 24.7 Å². The van der Waals surface area contributed by atoms with Crippen molar-refractivity contribution >= 4 is 34.0 Å². The third-order valence-electron chi connectivity index (χ3n) is 6.20. The number of nitrogens with one attached hydrogen (secondary N) is 1. The van der Waals surface area contributed by atoms with Crippen LogP contribution in [0.15, 0.2) is 36.5 Å². The van der Waals surface area contributed by atoms with E-state index in [2.05, 4.69) is 20.3 Å². The second-order valence-corrected chi connectivity index (χ2v) is 8.90. The monoisotopic (exact) mass is 530 g/mol. The Morgan fingerprint density at radius 2 is 2.03 bits per heavy atom. The highest BCUT2D eigenvalue weighted by Crippen LogP contribution is 2.35. The number of carbonyl (C=O) groups excluding carboxylic acids is 1. The first kappa shape index (κ1) is 26.9. The minimum atomic E-state index is -4.74. The minimum Gasteiger partial charge on any atom is -0.375 e. The van der Waals surface area contributed by atoms with Crippen LogP contribution in [0.3, 0.4) is 0 Å². The predicted molar refractivity (Wildman–Crippen MR) is 133 cm³/mol. The molecule has 1 aliphatic heterocycles. The van der Waals surface area contributed by atoms with Gasteiger partial charge in [0.05, 0.1) is 21.9 Å². The van der Waals surface area contributed by atoms with E-state index in [1.165, 1.54) is 7.11 Å². The number of nitro benzene ring substituents is 1. The third kappa shape index (κ3) is 5.88. The summed E-state index contributed by atoms with van der Waals surface area (Å²) in [5, 5.41) is 14.9. The first-order valence-electron chi connectivity index (χ1n) is 11.7. The molecular formula is C25H25F3N6O4. The van der Waals surface area contributed by atoms with Crippen molar-refractivity contribution in [3.63, 3.8) is 0 Å². The van der Waals surface area contributed by atoms with Crippen LogP contribution in [0.5, 0.6) is 0 Å². The van der Waals surface area contributed by atoms with E-state index in [0.717, 1.165) is 23.3 Å². The van der Waals surface area contributed by atoms with E-state index in [0.29, 0.717) is 48.3 Å². The van der Waals surface area contributed by atoms with Gasteiger partial charge < -0.3 is 15.0 Å². The number of carbonyl (C=O) groups is 1. The van der Waals surface area contributed by atoms with Gasteiger partial charge in [0.2, 0.25) is 5.91 Å². The predicted octanol–water partition coefficient (Wildman–Crippen LogP) is 4.70. The number of hydrogen-bond donors (Lipinski definition) is 1. The maximum absolute atomic E-state index is 13.4. The summed E-state index contributed by atoms with van der Waals surface area (Å²) in [5.41, 5.74) is 0.488. The number of rotatable bonds is 7. The van der Waals surface area contributed by atoms with Gasteiger partial charge in [0.25, 0.3) is 5.69 Å². The Labute approximate surface area is 215 Å². The van der Waals surface area contributed by atoms with Crippen molar-refractivity contribution in [1.82, 2.24) is 19.9 Å². The summed E-state index contributed by atoms with van der Waals surface area (Å²) in [5.74, 6) is 0.632. The Balaban J connectivity index is 1.67. The number of benzene rings is 1. The number of aromatic nitrogens is 3. The molecule has 0 fully saturated rings. The van der Waals surface area contributed by atoms with Crippen LogP contribution in [0.1, 0.15) is 41.9 Å². The molecule has 200 valence electrons. The summed E-state index contributed by atoms with van der Waals surface area (Å²) < 4.78 is 45.1. The molecule has 38 heavy (non-hydrogen) atoms. The number of nitro groups is 1. The van der Waals surface area contributed by atoms with Gasteiger partial charge in [-0.25, -0.2) is 15.0 Å². The Hall–Kier alpha value is -4.13. The SMILES string of the molecule is COCC(=O)N1CC=C(c2cnc3nc(C)nc(N[C@H](C)c4cc([N+](=O)[O-])cc(C(F)(F)F)c4)c3c2)CC1. The van der Waals surface area contributed by atoms with Crippen LogP contribution in [0.2, 0.25) is 0 Å². The zero-order chi connectivity index (χ0) is 27.6. The van der Waals surface area contributed by atoms with Crippen LogP contribution in [-0.4, -0.2) is 57.5 Å². The minimum absolute atomic E-state index is 0.0135. The quantitative estimate of drug-likeness (QED) is 0.345. The second kappa shape index (κ2) is 10.7. The Kier molecular flexibility index (Phi) is 7.58. The van der Waals surface area contributed by atoms with Gasteiger partial charge in [-0.15, -0.1) is 0 Å². The van der Waals surface area contributed by atoms with Crippen LogP contribution >= 0.6 is 0 Å². The van der Waals surface area contributed by atoms with Gasteiger partial charge >= 0.3 is 6.18 Å². The maximum Gasteiger partial charge on any atom is 0.416 e. The molecule has 0 saturated carbocycles. The fourth-order valence-electron chi connectivity index (χ4n) is 4.22. The normalized spacial score (nSPS) is 14.8. The van der Waals surface area contributed by atoms with Crippen molar-refractivity contribution < 1.29 is 27.6 Å². The van der Waals surface area contributed by atoms with Crippen molar-refractivity contribution in [2.24, 2.45) is 0 Å². The van der Waals surface area contributed by atoms with Crippen LogP contribution in [0.25, 0.3) is 16.6 Å². The lowest BCUT2D eigenvalue weighted by molar-refractivity contribution is -0.385. The molecule has 1 atom stereocenters. The molecule has 13 heteroatoms. The zero-order valence-electron chi connectivity index (χ0n) is 20.9. The van der Waals surface area contributed by atoms with Gasteiger partial charge in [-0.05, 0) is 49.1 Å². The standard InChI is InChI=1S/C25H25F3N6O4/c1-14(17-8-19(25(26,27)28)11-20(9-17)34(36)37)30-24-21-10-18(12-29-23(21)31-15(2)32-24)16-4-6-33(7-5-16)22(35)13-38-3/h4,8-12,14H,5-7,13H2,1-3H3,(H,29,30,31,32)/t14-/m1/s1. The first-order valence-corrected chi connectivity index (χ1v) is 11.7. The average Bonchev–Trinajstić information content (AvgIpc) is 2.87. The van der Waals surface area contributed by atoms with Crippen LogP contribution in [0, 0.1) is 17.0 Å². The van der Waals surface area contributed by atoms with Gasteiger partial charge in [-0.3, -0.25) is 14.9 Å². The van der Waals surface area contributed by atoms with E-state index in [1.54, 1.807) is 24.9 Å². The Morgan fingerprint density at radius 3 is 2.66 bits per heavy atom. The number of aryl methyl sites for hydroxylation is 1. The molecule has 2 aromatic heterocycles. The van der Waals surface area contributed by atoms with Gasteiger partial charge in [0.1, 0.15) is 18.2 Å². The Bertz CT molecular complexity index is 1430. The number of nitrogens with zero attached hydrogens (tertiary/aromatic N) is 5. The van der Waals surface area contributed by atoms with Gasteiger partial charge in [-0.1, -0.05) is 6.08 Å². The number of methoxy groups -OCH3 is 1. The molecule has 0 bridgehead atoms. The van der Waals surface area contributed by atoms with Gasteiger partial charge in [0.15, 0.2) is 5.65 Å². The second-order valence-electron chi connectivity index (χ2n) is 8.90. The van der Waals surface area contributed by atoms with Crippen molar-refractivity contribution in [2.45, 2.75) is 32.5 Å². The lowest BCUT2D eigenvalue weighted by Gasteiger charge is -2.26. The maximum atomic E-state index is 13.4. The van der Waals surface area contributed by atoms with Crippen molar-refractivity contribution in [3.8, 4) is 0 Å². The fraction of sp³-hybridized carbons (Fsp3) is 0.360. The van der Waals surface area contributed by atoms with Crippen LogP contribution in [-0.2, 0) is 15.7 Å². The largest absolute Gasteiger partial charge is 0.416 e. The van der Waals surface area contributed by atoms with Gasteiger partial charge in [-0.2, -0.15) is 13.2 Å². The summed E-state index contributed by atoms with van der Waals surface area (Å²) >= 11 is 0. The molecule has 0 radical (unpaired) electrons. The third-order valence-corrected chi connectivity index (χ3v) is 6.20. The highest BCUT2D eigenvalue weighted by Gasteiger charge is 2.33. The lowest BCUT2D eigenvalue weighted by Crippen LogP contribution is -2.36. The summed E-state index contributed by atoms with van der Waals surface area (Å²) in [7, 11) is 1.47. The van der Waals surface area contributed by atoms with E-state index in [9.17, 15) is 28.1 Å². The molecule has 0 unspecified atom stereocenters. The fourth-order valence-corrected chi connectivity index (χ4v) is 4.22. The molecule has 0 saturated heterocycles. The first-order chi connectivity index (χ1) is 18.0. The smallest absolute Gasteiger partial charge is 0.375 e. The molecular weight excluding hydrogens is 505 g/mol. The summed E-state index contributed by atoms with van der Waals surface area (Å²) in [6.45, 7) is 4.22. The molecule has 1 aliphatic rings. The van der Waals surface area contributed by atoms with E-state index in [1.807, 2.05) is 12.1 Å². The summed E-state index contributed by atoms with van der Waals surface area (Å²) in [6, 6.07) is 3.58. The van der Waals surface area contributed by atoms with Crippen molar-refractivity contribution in [3.05, 3.63) is 69.2 Å². The molecule has 10 nitrogen and oxygen atoms in total. The summed E-state index contributed by atoms with van der Waals surface area (Å²) in [4.78, 5) is 37.4. The zero-order valence-corrected chi connectivity index (χ0v) is 20.9.